The van der Waals surface area contributed by atoms with Crippen LogP contribution in [0.25, 0.3) is 5.69 Å². The summed E-state index contributed by atoms with van der Waals surface area (Å²) in [5, 5.41) is 13.5. The molecular formula is C14H14N2O2. The van der Waals surface area contributed by atoms with Gasteiger partial charge in [0.1, 0.15) is 0 Å². The molecule has 1 aromatic heterocycles. The van der Waals surface area contributed by atoms with Gasteiger partial charge in [0.05, 0.1) is 17.3 Å². The molecule has 2 aromatic rings. The summed E-state index contributed by atoms with van der Waals surface area (Å²) < 4.78 is 1.79. The van der Waals surface area contributed by atoms with Crippen molar-refractivity contribution >= 4 is 5.97 Å². The Hall–Kier alpha value is -2.10. The molecule has 0 radical (unpaired) electrons. The van der Waals surface area contributed by atoms with E-state index in [4.69, 9.17) is 0 Å². The van der Waals surface area contributed by atoms with Gasteiger partial charge in [0.15, 0.2) is 0 Å². The lowest BCUT2D eigenvalue weighted by atomic mass is 9.96. The molecule has 1 heterocycles. The first kappa shape index (κ1) is 11.0. The molecule has 0 saturated heterocycles. The van der Waals surface area contributed by atoms with Crippen molar-refractivity contribution in [3.05, 3.63) is 47.8 Å². The second-order valence-electron chi connectivity index (χ2n) is 4.90. The summed E-state index contributed by atoms with van der Waals surface area (Å²) in [5.74, 6) is -0.717. The minimum Gasteiger partial charge on any atom is -0.481 e. The van der Waals surface area contributed by atoms with E-state index in [1.54, 1.807) is 10.9 Å². The first-order valence-corrected chi connectivity index (χ1v) is 5.97. The van der Waals surface area contributed by atoms with Gasteiger partial charge >= 0.3 is 5.97 Å². The maximum Gasteiger partial charge on any atom is 0.314 e. The molecule has 1 aromatic carbocycles. The highest BCUT2D eigenvalue weighted by atomic mass is 16.4. The number of rotatable bonds is 3. The average molecular weight is 242 g/mol. The van der Waals surface area contributed by atoms with E-state index in [1.165, 1.54) is 0 Å². The molecule has 1 N–H and O–H groups in total. The van der Waals surface area contributed by atoms with Crippen molar-refractivity contribution in [2.24, 2.45) is 0 Å². The molecule has 3 rings (SSSR count). The topological polar surface area (TPSA) is 55.1 Å². The fourth-order valence-electron chi connectivity index (χ4n) is 2.24. The lowest BCUT2D eigenvalue weighted by molar-refractivity contribution is -0.140. The molecule has 4 heteroatoms. The number of aliphatic carboxylic acids is 1. The van der Waals surface area contributed by atoms with Gasteiger partial charge in [0, 0.05) is 6.20 Å². The minimum atomic E-state index is -0.717. The van der Waals surface area contributed by atoms with Crippen LogP contribution in [-0.2, 0) is 10.2 Å². The standard InChI is InChI=1S/C14H14N2O2/c1-10-8-15-16(9-10)12-4-2-11(3-5-12)14(6-7-14)13(17)18/h2-5,8-9H,6-7H2,1H3,(H,17,18). The van der Waals surface area contributed by atoms with E-state index in [0.717, 1.165) is 29.7 Å². The molecule has 0 spiro atoms. The molecule has 18 heavy (non-hydrogen) atoms. The Morgan fingerprint density at radius 3 is 2.44 bits per heavy atom. The molecule has 0 unspecified atom stereocenters. The minimum absolute atomic E-state index is 0.626. The summed E-state index contributed by atoms with van der Waals surface area (Å²) in [4.78, 5) is 11.2. The quantitative estimate of drug-likeness (QED) is 0.898. The lowest BCUT2D eigenvalue weighted by Crippen LogP contribution is -2.19. The van der Waals surface area contributed by atoms with E-state index in [0.29, 0.717) is 0 Å². The van der Waals surface area contributed by atoms with E-state index in [2.05, 4.69) is 5.10 Å². The predicted octanol–water partition coefficient (Wildman–Crippen LogP) is 2.30. The zero-order valence-corrected chi connectivity index (χ0v) is 10.1. The molecule has 0 bridgehead atoms. The van der Waals surface area contributed by atoms with Crippen molar-refractivity contribution in [3.63, 3.8) is 0 Å². The summed E-state index contributed by atoms with van der Waals surface area (Å²) in [7, 11) is 0. The molecular weight excluding hydrogens is 228 g/mol. The van der Waals surface area contributed by atoms with E-state index < -0.39 is 11.4 Å². The lowest BCUT2D eigenvalue weighted by Gasteiger charge is -2.10. The normalized spacial score (nSPS) is 16.5. The van der Waals surface area contributed by atoms with Gasteiger partial charge in [-0.3, -0.25) is 4.79 Å². The highest BCUT2D eigenvalue weighted by Gasteiger charge is 2.51. The maximum atomic E-state index is 11.2. The van der Waals surface area contributed by atoms with Crippen molar-refractivity contribution in [2.75, 3.05) is 0 Å². The molecule has 1 saturated carbocycles. The Balaban J connectivity index is 1.92. The van der Waals surface area contributed by atoms with E-state index in [9.17, 15) is 9.90 Å². The van der Waals surface area contributed by atoms with Crippen LogP contribution in [0.5, 0.6) is 0 Å². The third-order valence-electron chi connectivity index (χ3n) is 3.56. The van der Waals surface area contributed by atoms with Crippen LogP contribution in [0.1, 0.15) is 24.0 Å². The molecule has 1 aliphatic carbocycles. The van der Waals surface area contributed by atoms with Crippen molar-refractivity contribution in [3.8, 4) is 5.69 Å². The Morgan fingerprint density at radius 2 is 2.00 bits per heavy atom. The SMILES string of the molecule is Cc1cnn(-c2ccc(C3(C(=O)O)CC3)cc2)c1. The van der Waals surface area contributed by atoms with Crippen LogP contribution in [0, 0.1) is 6.92 Å². The van der Waals surface area contributed by atoms with Crippen LogP contribution in [-0.4, -0.2) is 20.9 Å². The molecule has 1 fully saturated rings. The van der Waals surface area contributed by atoms with Crippen LogP contribution in [0.15, 0.2) is 36.7 Å². The molecule has 1 aliphatic rings. The number of aromatic nitrogens is 2. The summed E-state index contributed by atoms with van der Waals surface area (Å²) in [6, 6.07) is 7.64. The van der Waals surface area contributed by atoms with Gasteiger partial charge in [0.2, 0.25) is 0 Å². The Kier molecular flexibility index (Phi) is 2.26. The number of carbonyl (C=O) groups is 1. The van der Waals surface area contributed by atoms with Crippen molar-refractivity contribution in [1.29, 1.82) is 0 Å². The van der Waals surface area contributed by atoms with Gasteiger partial charge in [-0.05, 0) is 43.0 Å². The number of carboxylic acid groups (broad SMARTS) is 1. The van der Waals surface area contributed by atoms with Crippen molar-refractivity contribution in [1.82, 2.24) is 9.78 Å². The third-order valence-corrected chi connectivity index (χ3v) is 3.56. The molecule has 92 valence electrons. The Labute approximate surface area is 105 Å². The summed E-state index contributed by atoms with van der Waals surface area (Å²) in [5.41, 5.74) is 2.32. The Bertz CT molecular complexity index is 595. The highest BCUT2D eigenvalue weighted by Crippen LogP contribution is 2.48. The third kappa shape index (κ3) is 1.61. The summed E-state index contributed by atoms with van der Waals surface area (Å²) in [6.45, 7) is 1.99. The molecule has 0 amide bonds. The van der Waals surface area contributed by atoms with E-state index >= 15 is 0 Å². The van der Waals surface area contributed by atoms with Crippen LogP contribution >= 0.6 is 0 Å². The first-order chi connectivity index (χ1) is 8.62. The van der Waals surface area contributed by atoms with Gasteiger partial charge in [-0.1, -0.05) is 12.1 Å². The fourth-order valence-corrected chi connectivity index (χ4v) is 2.24. The number of benzene rings is 1. The smallest absolute Gasteiger partial charge is 0.314 e. The monoisotopic (exact) mass is 242 g/mol. The van der Waals surface area contributed by atoms with Crippen LogP contribution in [0.3, 0.4) is 0 Å². The molecule has 0 atom stereocenters. The highest BCUT2D eigenvalue weighted by molar-refractivity contribution is 5.84. The fraction of sp³-hybridized carbons (Fsp3) is 0.286. The van der Waals surface area contributed by atoms with Crippen LogP contribution in [0.4, 0.5) is 0 Å². The van der Waals surface area contributed by atoms with E-state index in [-0.39, 0.29) is 0 Å². The zero-order chi connectivity index (χ0) is 12.8. The van der Waals surface area contributed by atoms with Gasteiger partial charge in [-0.2, -0.15) is 5.10 Å². The van der Waals surface area contributed by atoms with E-state index in [1.807, 2.05) is 37.4 Å². The first-order valence-electron chi connectivity index (χ1n) is 5.97. The van der Waals surface area contributed by atoms with Gasteiger partial charge in [-0.25, -0.2) is 4.68 Å². The predicted molar refractivity (Wildman–Crippen MR) is 66.8 cm³/mol. The van der Waals surface area contributed by atoms with Crippen molar-refractivity contribution in [2.45, 2.75) is 25.2 Å². The second-order valence-corrected chi connectivity index (χ2v) is 4.90. The van der Waals surface area contributed by atoms with Gasteiger partial charge in [-0.15, -0.1) is 0 Å². The number of aryl methyl sites for hydroxylation is 1. The average Bonchev–Trinajstić information content (AvgIpc) is 3.07. The number of nitrogens with zero attached hydrogens (tertiary/aromatic N) is 2. The summed E-state index contributed by atoms with van der Waals surface area (Å²) in [6.07, 6.45) is 5.22. The molecule has 0 aliphatic heterocycles. The molecule has 4 nitrogen and oxygen atoms in total. The maximum absolute atomic E-state index is 11.2. The van der Waals surface area contributed by atoms with Gasteiger partial charge in [0.25, 0.3) is 0 Å². The van der Waals surface area contributed by atoms with Crippen LogP contribution in [0.2, 0.25) is 0 Å². The summed E-state index contributed by atoms with van der Waals surface area (Å²) >= 11 is 0. The van der Waals surface area contributed by atoms with Crippen molar-refractivity contribution < 1.29 is 9.90 Å². The van der Waals surface area contributed by atoms with Crippen LogP contribution < -0.4 is 0 Å². The largest absolute Gasteiger partial charge is 0.481 e. The second kappa shape index (κ2) is 3.70. The van der Waals surface area contributed by atoms with Gasteiger partial charge < -0.3 is 5.11 Å². The Morgan fingerprint density at radius 1 is 1.33 bits per heavy atom. The number of carboxylic acids is 1. The zero-order valence-electron chi connectivity index (χ0n) is 10.1. The number of hydrogen-bond acceptors (Lipinski definition) is 2. The number of hydrogen-bond donors (Lipinski definition) is 1.